The van der Waals surface area contributed by atoms with Gasteiger partial charge in [-0.15, -0.1) is 12.4 Å². The van der Waals surface area contributed by atoms with Gasteiger partial charge in [0.15, 0.2) is 0 Å². The zero-order valence-corrected chi connectivity index (χ0v) is 11.3. The van der Waals surface area contributed by atoms with Gasteiger partial charge in [-0.05, 0) is 24.5 Å². The van der Waals surface area contributed by atoms with Crippen molar-refractivity contribution in [1.29, 1.82) is 5.26 Å². The normalized spacial score (nSPS) is 24.1. The van der Waals surface area contributed by atoms with Crippen LogP contribution in [0.5, 0.6) is 0 Å². The van der Waals surface area contributed by atoms with Crippen molar-refractivity contribution >= 4 is 24.0 Å². The minimum Gasteiger partial charge on any atom is -0.373 e. The van der Waals surface area contributed by atoms with Crippen LogP contribution in [0.3, 0.4) is 0 Å². The van der Waals surface area contributed by atoms with Crippen LogP contribution >= 0.6 is 12.4 Å². The first kappa shape index (κ1) is 13.7. The minimum atomic E-state index is -0.233. The van der Waals surface area contributed by atoms with Crippen LogP contribution in [0.1, 0.15) is 18.4 Å². The number of carbonyl (C=O) groups excluding carboxylic acids is 1. The summed E-state index contributed by atoms with van der Waals surface area (Å²) >= 11 is 0. The molecule has 0 radical (unpaired) electrons. The van der Waals surface area contributed by atoms with Gasteiger partial charge >= 0.3 is 0 Å². The summed E-state index contributed by atoms with van der Waals surface area (Å²) < 4.78 is 0. The Kier molecular flexibility index (Phi) is 3.96. The van der Waals surface area contributed by atoms with Gasteiger partial charge in [-0.2, -0.15) is 5.26 Å². The average Bonchev–Trinajstić information content (AvgIpc) is 3.03. The molecule has 1 amide bonds. The number of hydrogen-bond donors (Lipinski definition) is 1. The Balaban J connectivity index is 0.00000133. The van der Waals surface area contributed by atoms with E-state index >= 15 is 0 Å². The van der Waals surface area contributed by atoms with E-state index in [1.165, 1.54) is 5.56 Å². The summed E-state index contributed by atoms with van der Waals surface area (Å²) in [6.45, 7) is 0.714. The topological polar surface area (TPSA) is 56.1 Å². The van der Waals surface area contributed by atoms with Crippen LogP contribution in [0, 0.1) is 11.3 Å². The number of anilines is 1. The first-order chi connectivity index (χ1) is 8.79. The fourth-order valence-corrected chi connectivity index (χ4v) is 2.81. The van der Waals surface area contributed by atoms with Gasteiger partial charge in [0.05, 0.1) is 6.07 Å². The molecule has 0 bridgehead atoms. The summed E-state index contributed by atoms with van der Waals surface area (Å²) in [4.78, 5) is 14.1. The van der Waals surface area contributed by atoms with Crippen molar-refractivity contribution in [3.8, 4) is 6.07 Å². The molecule has 0 saturated carbocycles. The van der Waals surface area contributed by atoms with Crippen LogP contribution in [0.4, 0.5) is 5.69 Å². The second kappa shape index (κ2) is 5.50. The summed E-state index contributed by atoms with van der Waals surface area (Å²) in [7, 11) is 0. The SMILES string of the molecule is Cl.N#C[C@@H]1CCCN1C(=O)[C@@H]1Cc2ccccc2N1. The Labute approximate surface area is 118 Å². The molecule has 1 N–H and O–H groups in total. The van der Waals surface area contributed by atoms with Crippen molar-refractivity contribution < 1.29 is 4.79 Å². The van der Waals surface area contributed by atoms with E-state index in [-0.39, 0.29) is 30.4 Å². The highest BCUT2D eigenvalue weighted by Gasteiger charge is 2.35. The van der Waals surface area contributed by atoms with Crippen LogP contribution in [0.15, 0.2) is 24.3 Å². The Morgan fingerprint density at radius 2 is 2.21 bits per heavy atom. The quantitative estimate of drug-likeness (QED) is 0.854. The maximum absolute atomic E-state index is 12.4. The highest BCUT2D eigenvalue weighted by Crippen LogP contribution is 2.27. The van der Waals surface area contributed by atoms with Crippen LogP contribution in [0.25, 0.3) is 0 Å². The van der Waals surface area contributed by atoms with Crippen molar-refractivity contribution in [1.82, 2.24) is 4.90 Å². The predicted molar refractivity (Wildman–Crippen MR) is 75.2 cm³/mol. The maximum atomic E-state index is 12.4. The van der Waals surface area contributed by atoms with E-state index in [1.807, 2.05) is 24.3 Å². The summed E-state index contributed by atoms with van der Waals surface area (Å²) in [6.07, 6.45) is 2.47. The van der Waals surface area contributed by atoms with E-state index in [4.69, 9.17) is 5.26 Å². The Hall–Kier alpha value is -1.73. The third-order valence-electron chi connectivity index (χ3n) is 3.75. The molecule has 0 aromatic heterocycles. The van der Waals surface area contributed by atoms with E-state index in [9.17, 15) is 4.79 Å². The van der Waals surface area contributed by atoms with Gasteiger partial charge in [0.2, 0.25) is 5.91 Å². The summed E-state index contributed by atoms with van der Waals surface area (Å²) in [5.41, 5.74) is 2.23. The molecule has 1 aromatic rings. The largest absolute Gasteiger partial charge is 0.373 e. The Morgan fingerprint density at radius 3 is 2.95 bits per heavy atom. The van der Waals surface area contributed by atoms with Crippen molar-refractivity contribution in [3.05, 3.63) is 29.8 Å². The highest BCUT2D eigenvalue weighted by atomic mass is 35.5. The van der Waals surface area contributed by atoms with Crippen LogP contribution in [-0.4, -0.2) is 29.4 Å². The molecular weight excluding hydrogens is 262 g/mol. The molecule has 100 valence electrons. The number of amides is 1. The molecule has 3 rings (SSSR count). The Morgan fingerprint density at radius 1 is 1.42 bits per heavy atom. The number of nitrogens with zero attached hydrogens (tertiary/aromatic N) is 2. The number of carbonyl (C=O) groups is 1. The van der Waals surface area contributed by atoms with E-state index in [2.05, 4.69) is 11.4 Å². The number of nitriles is 1. The number of hydrogen-bond acceptors (Lipinski definition) is 3. The predicted octanol–water partition coefficient (Wildman–Crippen LogP) is 1.96. The lowest BCUT2D eigenvalue weighted by molar-refractivity contribution is -0.131. The molecule has 2 heterocycles. The number of fused-ring (bicyclic) bond motifs is 1. The number of likely N-dealkylation sites (tertiary alicyclic amines) is 1. The third kappa shape index (κ3) is 2.39. The Bertz CT molecular complexity index is 501. The lowest BCUT2D eigenvalue weighted by Gasteiger charge is -2.23. The molecule has 0 unspecified atom stereocenters. The third-order valence-corrected chi connectivity index (χ3v) is 3.75. The first-order valence-electron chi connectivity index (χ1n) is 6.34. The number of benzene rings is 1. The molecule has 1 saturated heterocycles. The van der Waals surface area contributed by atoms with E-state index < -0.39 is 0 Å². The second-order valence-corrected chi connectivity index (χ2v) is 4.88. The molecule has 1 aromatic carbocycles. The zero-order valence-electron chi connectivity index (χ0n) is 10.5. The molecule has 0 spiro atoms. The molecule has 2 aliphatic heterocycles. The molecule has 0 aliphatic carbocycles. The van der Waals surface area contributed by atoms with Crippen molar-refractivity contribution in [2.75, 3.05) is 11.9 Å². The molecule has 2 atom stereocenters. The lowest BCUT2D eigenvalue weighted by atomic mass is 10.1. The van der Waals surface area contributed by atoms with Gasteiger partial charge in [0, 0.05) is 18.7 Å². The lowest BCUT2D eigenvalue weighted by Crippen LogP contribution is -2.44. The number of nitrogens with one attached hydrogen (secondary N) is 1. The first-order valence-corrected chi connectivity index (χ1v) is 6.34. The summed E-state index contributed by atoms with van der Waals surface area (Å²) in [5.74, 6) is 0.0650. The number of rotatable bonds is 1. The van der Waals surface area contributed by atoms with Crippen LogP contribution in [-0.2, 0) is 11.2 Å². The molecular formula is C14H16ClN3O. The standard InChI is InChI=1S/C14H15N3O.ClH/c15-9-11-5-3-7-17(11)14(18)13-8-10-4-1-2-6-12(10)16-13;/h1-2,4,6,11,13,16H,3,5,7-8H2;1H/t11-,13-;/m0./s1. The minimum absolute atomic E-state index is 0. The number of halogens is 1. The molecule has 2 aliphatic rings. The van der Waals surface area contributed by atoms with Gasteiger partial charge < -0.3 is 10.2 Å². The summed E-state index contributed by atoms with van der Waals surface area (Å²) in [6, 6.07) is 9.78. The van der Waals surface area contributed by atoms with Crippen LogP contribution in [0.2, 0.25) is 0 Å². The zero-order chi connectivity index (χ0) is 12.5. The molecule has 4 nitrogen and oxygen atoms in total. The molecule has 1 fully saturated rings. The van der Waals surface area contributed by atoms with Crippen molar-refractivity contribution in [2.45, 2.75) is 31.3 Å². The van der Waals surface area contributed by atoms with Gasteiger partial charge in [0.1, 0.15) is 12.1 Å². The van der Waals surface area contributed by atoms with E-state index in [0.717, 1.165) is 24.9 Å². The monoisotopic (exact) mass is 277 g/mol. The van der Waals surface area contributed by atoms with E-state index in [1.54, 1.807) is 4.90 Å². The summed E-state index contributed by atoms with van der Waals surface area (Å²) in [5, 5.41) is 12.3. The smallest absolute Gasteiger partial charge is 0.246 e. The van der Waals surface area contributed by atoms with E-state index in [0.29, 0.717) is 6.54 Å². The molecule has 5 heteroatoms. The van der Waals surface area contributed by atoms with Gasteiger partial charge in [-0.1, -0.05) is 18.2 Å². The second-order valence-electron chi connectivity index (χ2n) is 4.88. The number of para-hydroxylation sites is 1. The average molecular weight is 278 g/mol. The fourth-order valence-electron chi connectivity index (χ4n) is 2.81. The maximum Gasteiger partial charge on any atom is 0.246 e. The van der Waals surface area contributed by atoms with Gasteiger partial charge in [-0.25, -0.2) is 0 Å². The fraction of sp³-hybridized carbons (Fsp3) is 0.429. The molecule has 19 heavy (non-hydrogen) atoms. The van der Waals surface area contributed by atoms with Gasteiger partial charge in [0.25, 0.3) is 0 Å². The highest BCUT2D eigenvalue weighted by molar-refractivity contribution is 5.88. The van der Waals surface area contributed by atoms with Gasteiger partial charge in [-0.3, -0.25) is 4.79 Å². The van der Waals surface area contributed by atoms with Crippen LogP contribution < -0.4 is 5.32 Å². The van der Waals surface area contributed by atoms with Crippen molar-refractivity contribution in [2.24, 2.45) is 0 Å². The van der Waals surface area contributed by atoms with Crippen molar-refractivity contribution in [3.63, 3.8) is 0 Å².